The number of nitrogens with one attached hydrogen (secondary N) is 1. The van der Waals surface area contributed by atoms with E-state index in [0.29, 0.717) is 0 Å². The summed E-state index contributed by atoms with van der Waals surface area (Å²) in [5, 5.41) is 11.0. The molecule has 0 heterocycles. The van der Waals surface area contributed by atoms with Gasteiger partial charge in [0.2, 0.25) is 5.91 Å². The first-order chi connectivity index (χ1) is 8.87. The standard InChI is InChI=1S/C12H11F3N2O2/c1-2-8(7-16)11(18)17-9-5-3-4-6-10(9)19-12(13,14)15/h3-6,8H,2H2,1H3,(H,17,18). The highest BCUT2D eigenvalue weighted by molar-refractivity contribution is 5.95. The molecule has 0 saturated carbocycles. The Hall–Kier alpha value is -2.23. The molecule has 0 spiro atoms. The highest BCUT2D eigenvalue weighted by atomic mass is 19.4. The number of hydrogen-bond acceptors (Lipinski definition) is 3. The predicted octanol–water partition coefficient (Wildman–Crippen LogP) is 3.07. The van der Waals surface area contributed by atoms with Crippen LogP contribution in [0.3, 0.4) is 0 Å². The summed E-state index contributed by atoms with van der Waals surface area (Å²) in [4.78, 5) is 11.6. The Balaban J connectivity index is 2.90. The van der Waals surface area contributed by atoms with Crippen molar-refractivity contribution >= 4 is 11.6 Å². The van der Waals surface area contributed by atoms with Gasteiger partial charge in [0.25, 0.3) is 0 Å². The summed E-state index contributed by atoms with van der Waals surface area (Å²) in [7, 11) is 0. The minimum absolute atomic E-state index is 0.126. The van der Waals surface area contributed by atoms with Crippen LogP contribution in [0.2, 0.25) is 0 Å². The number of nitrogens with zero attached hydrogens (tertiary/aromatic N) is 1. The van der Waals surface area contributed by atoms with E-state index < -0.39 is 23.9 Å². The molecule has 4 nitrogen and oxygen atoms in total. The van der Waals surface area contributed by atoms with Crippen LogP contribution in [0, 0.1) is 17.2 Å². The first-order valence-electron chi connectivity index (χ1n) is 5.42. The SMILES string of the molecule is CCC(C#N)C(=O)Nc1ccccc1OC(F)(F)F. The van der Waals surface area contributed by atoms with Crippen molar-refractivity contribution in [3.63, 3.8) is 0 Å². The monoisotopic (exact) mass is 272 g/mol. The zero-order valence-corrected chi connectivity index (χ0v) is 9.99. The van der Waals surface area contributed by atoms with Crippen molar-refractivity contribution in [2.24, 2.45) is 5.92 Å². The molecule has 1 atom stereocenters. The quantitative estimate of drug-likeness (QED) is 0.916. The summed E-state index contributed by atoms with van der Waals surface area (Å²) in [5.41, 5.74) is -0.126. The van der Waals surface area contributed by atoms with E-state index in [2.05, 4.69) is 10.1 Å². The Bertz CT molecular complexity index is 494. The molecule has 1 aromatic carbocycles. The summed E-state index contributed by atoms with van der Waals surface area (Å²) in [5.74, 6) is -2.10. The number of ether oxygens (including phenoxy) is 1. The number of hydrogen-bond donors (Lipinski definition) is 1. The topological polar surface area (TPSA) is 62.1 Å². The van der Waals surface area contributed by atoms with Crippen molar-refractivity contribution < 1.29 is 22.7 Å². The van der Waals surface area contributed by atoms with Gasteiger partial charge in [-0.15, -0.1) is 13.2 Å². The van der Waals surface area contributed by atoms with E-state index in [0.717, 1.165) is 6.07 Å². The van der Waals surface area contributed by atoms with Crippen LogP contribution in [0.1, 0.15) is 13.3 Å². The summed E-state index contributed by atoms with van der Waals surface area (Å²) in [6.45, 7) is 1.63. The fraction of sp³-hybridized carbons (Fsp3) is 0.333. The Morgan fingerprint density at radius 2 is 2.11 bits per heavy atom. The van der Waals surface area contributed by atoms with E-state index in [-0.39, 0.29) is 12.1 Å². The van der Waals surface area contributed by atoms with Crippen molar-refractivity contribution in [1.29, 1.82) is 5.26 Å². The highest BCUT2D eigenvalue weighted by Crippen LogP contribution is 2.30. The normalized spacial score (nSPS) is 12.4. The molecule has 0 fully saturated rings. The van der Waals surface area contributed by atoms with Crippen LogP contribution >= 0.6 is 0 Å². The second kappa shape index (κ2) is 6.09. The number of anilines is 1. The smallest absolute Gasteiger partial charge is 0.404 e. The minimum atomic E-state index is -4.85. The van der Waals surface area contributed by atoms with Crippen molar-refractivity contribution in [1.82, 2.24) is 0 Å². The number of nitriles is 1. The second-order valence-electron chi connectivity index (χ2n) is 3.62. The fourth-order valence-electron chi connectivity index (χ4n) is 1.34. The zero-order chi connectivity index (χ0) is 14.5. The van der Waals surface area contributed by atoms with Crippen molar-refractivity contribution in [2.45, 2.75) is 19.7 Å². The van der Waals surface area contributed by atoms with Gasteiger partial charge in [-0.05, 0) is 18.6 Å². The molecule has 0 saturated heterocycles. The van der Waals surface area contributed by atoms with Gasteiger partial charge in [0.05, 0.1) is 11.8 Å². The molecule has 0 aliphatic heterocycles. The number of carbonyl (C=O) groups is 1. The number of benzene rings is 1. The lowest BCUT2D eigenvalue weighted by Gasteiger charge is -2.14. The molecule has 0 aromatic heterocycles. The molecule has 1 unspecified atom stereocenters. The van der Waals surface area contributed by atoms with Crippen molar-refractivity contribution in [3.05, 3.63) is 24.3 Å². The van der Waals surface area contributed by atoms with Crippen LogP contribution in [0.5, 0.6) is 5.75 Å². The lowest BCUT2D eigenvalue weighted by atomic mass is 10.1. The number of halogens is 3. The highest BCUT2D eigenvalue weighted by Gasteiger charge is 2.32. The van der Waals surface area contributed by atoms with Gasteiger partial charge in [-0.2, -0.15) is 5.26 Å². The van der Waals surface area contributed by atoms with Crippen LogP contribution in [0.25, 0.3) is 0 Å². The van der Waals surface area contributed by atoms with Gasteiger partial charge in [0.1, 0.15) is 5.92 Å². The van der Waals surface area contributed by atoms with E-state index in [1.54, 1.807) is 13.0 Å². The lowest BCUT2D eigenvalue weighted by molar-refractivity contribution is -0.274. The van der Waals surface area contributed by atoms with E-state index in [4.69, 9.17) is 5.26 Å². The third-order valence-electron chi connectivity index (χ3n) is 2.25. The molecule has 0 aliphatic carbocycles. The number of carbonyl (C=O) groups excluding carboxylic acids is 1. The molecule has 7 heteroatoms. The van der Waals surface area contributed by atoms with E-state index >= 15 is 0 Å². The van der Waals surface area contributed by atoms with E-state index in [1.165, 1.54) is 18.2 Å². The number of para-hydroxylation sites is 2. The summed E-state index contributed by atoms with van der Waals surface area (Å²) in [6, 6.07) is 6.91. The first-order valence-corrected chi connectivity index (χ1v) is 5.42. The van der Waals surface area contributed by atoms with Crippen LogP contribution in [0.15, 0.2) is 24.3 Å². The van der Waals surface area contributed by atoms with Crippen LogP contribution in [-0.4, -0.2) is 12.3 Å². The van der Waals surface area contributed by atoms with Gasteiger partial charge >= 0.3 is 6.36 Å². The molecule has 0 bridgehead atoms. The molecule has 1 rings (SSSR count). The maximum atomic E-state index is 12.2. The molecule has 102 valence electrons. The molecule has 0 aliphatic rings. The second-order valence-corrected chi connectivity index (χ2v) is 3.62. The Morgan fingerprint density at radius 1 is 1.47 bits per heavy atom. The van der Waals surface area contributed by atoms with Gasteiger partial charge < -0.3 is 10.1 Å². The lowest BCUT2D eigenvalue weighted by Crippen LogP contribution is -2.23. The predicted molar refractivity (Wildman–Crippen MR) is 61.1 cm³/mol. The maximum Gasteiger partial charge on any atom is 0.573 e. The maximum absolute atomic E-state index is 12.2. The summed E-state index contributed by atoms with van der Waals surface area (Å²) in [6.07, 6.45) is -4.58. The Labute approximate surface area is 107 Å². The van der Waals surface area contributed by atoms with E-state index in [9.17, 15) is 18.0 Å². The fourth-order valence-corrected chi connectivity index (χ4v) is 1.34. The van der Waals surface area contributed by atoms with Gasteiger partial charge in [-0.3, -0.25) is 4.79 Å². The Kier molecular flexibility index (Phi) is 4.75. The number of rotatable bonds is 4. The molecule has 1 amide bonds. The average Bonchev–Trinajstić information content (AvgIpc) is 2.31. The van der Waals surface area contributed by atoms with Crippen LogP contribution in [-0.2, 0) is 4.79 Å². The number of alkyl halides is 3. The minimum Gasteiger partial charge on any atom is -0.404 e. The Morgan fingerprint density at radius 3 is 2.63 bits per heavy atom. The third kappa shape index (κ3) is 4.50. The third-order valence-corrected chi connectivity index (χ3v) is 2.25. The average molecular weight is 272 g/mol. The van der Waals surface area contributed by atoms with Gasteiger partial charge in [-0.25, -0.2) is 0 Å². The molecule has 1 N–H and O–H groups in total. The zero-order valence-electron chi connectivity index (χ0n) is 9.99. The molecule has 19 heavy (non-hydrogen) atoms. The van der Waals surface area contributed by atoms with Crippen molar-refractivity contribution in [3.8, 4) is 11.8 Å². The van der Waals surface area contributed by atoms with Gasteiger partial charge in [-0.1, -0.05) is 19.1 Å². The van der Waals surface area contributed by atoms with Gasteiger partial charge in [0, 0.05) is 0 Å². The van der Waals surface area contributed by atoms with Gasteiger partial charge in [0.15, 0.2) is 5.75 Å². The van der Waals surface area contributed by atoms with Crippen LogP contribution in [0.4, 0.5) is 18.9 Å². The molecular weight excluding hydrogens is 261 g/mol. The van der Waals surface area contributed by atoms with E-state index in [1.807, 2.05) is 0 Å². The van der Waals surface area contributed by atoms with Crippen molar-refractivity contribution in [2.75, 3.05) is 5.32 Å². The molecule has 1 aromatic rings. The largest absolute Gasteiger partial charge is 0.573 e. The first kappa shape index (κ1) is 14.8. The summed E-state index contributed by atoms with van der Waals surface area (Å²) >= 11 is 0. The molecular formula is C12H11F3N2O2. The van der Waals surface area contributed by atoms with Crippen LogP contribution < -0.4 is 10.1 Å². The number of amides is 1. The summed E-state index contributed by atoms with van der Waals surface area (Å²) < 4.78 is 40.3. The molecule has 0 radical (unpaired) electrons.